The Morgan fingerprint density at radius 1 is 1.27 bits per heavy atom. The summed E-state index contributed by atoms with van der Waals surface area (Å²) in [5.74, 6) is 0. The van der Waals surface area contributed by atoms with Crippen LogP contribution in [0, 0.1) is 5.41 Å². The van der Waals surface area contributed by atoms with Crippen molar-refractivity contribution in [1.82, 2.24) is 0 Å². The Hall–Kier alpha value is 0.570. The summed E-state index contributed by atoms with van der Waals surface area (Å²) in [4.78, 5) is 0. The molecule has 0 bridgehead atoms. The first-order valence-electron chi connectivity index (χ1n) is 5.08. The maximum atomic E-state index is 3.43. The van der Waals surface area contributed by atoms with E-state index >= 15 is 0 Å². The van der Waals surface area contributed by atoms with Crippen molar-refractivity contribution in [2.45, 2.75) is 34.6 Å². The molecule has 1 aliphatic rings. The predicted molar refractivity (Wildman–Crippen MR) is 68.8 cm³/mol. The van der Waals surface area contributed by atoms with E-state index in [9.17, 15) is 0 Å². The maximum absolute atomic E-state index is 3.43. The van der Waals surface area contributed by atoms with E-state index in [-0.39, 0.29) is 0 Å². The Bertz CT molecular complexity index is 282. The van der Waals surface area contributed by atoms with Crippen LogP contribution in [0.25, 0.3) is 0 Å². The summed E-state index contributed by atoms with van der Waals surface area (Å²) < 4.78 is 1.67. The summed E-state index contributed by atoms with van der Waals surface area (Å²) in [7, 11) is 0. The molecule has 0 spiro atoms. The molecule has 0 fully saturated rings. The second kappa shape index (κ2) is 6.34. The molecule has 0 amide bonds. The first kappa shape index (κ1) is 15.6. The summed E-state index contributed by atoms with van der Waals surface area (Å²) in [6, 6.07) is 0. The molecule has 2 heteroatoms. The number of alkyl halides is 1. The van der Waals surface area contributed by atoms with Gasteiger partial charge in [0.05, 0.1) is 0 Å². The Morgan fingerprint density at radius 3 is 1.73 bits per heavy atom. The summed E-state index contributed by atoms with van der Waals surface area (Å²) in [5, 5.41) is 0.896. The number of halogens is 1. The van der Waals surface area contributed by atoms with Gasteiger partial charge in [-0.3, -0.25) is 0 Å². The molecular formula is C13H20BrHf. The molecule has 0 aromatic rings. The van der Waals surface area contributed by atoms with Crippen molar-refractivity contribution in [2.24, 2.45) is 5.41 Å². The minimum absolute atomic E-state index is 0.375. The molecule has 83 valence electrons. The molecular weight excluding hydrogens is 415 g/mol. The second-order valence-corrected chi connectivity index (χ2v) is 6.76. The Morgan fingerprint density at radius 2 is 1.67 bits per heavy atom. The van der Waals surface area contributed by atoms with Gasteiger partial charge < -0.3 is 0 Å². The van der Waals surface area contributed by atoms with Crippen LogP contribution in [-0.4, -0.2) is 5.33 Å². The van der Waals surface area contributed by atoms with E-state index in [2.05, 4.69) is 57.1 Å². The van der Waals surface area contributed by atoms with Gasteiger partial charge in [0.15, 0.2) is 0 Å². The summed E-state index contributed by atoms with van der Waals surface area (Å²) in [6.45, 7) is 14.9. The molecule has 0 aromatic carbocycles. The molecule has 0 atom stereocenters. The molecule has 1 aliphatic carbocycles. The molecule has 0 aliphatic heterocycles. The molecule has 15 heavy (non-hydrogen) atoms. The van der Waals surface area contributed by atoms with E-state index in [1.54, 1.807) is 20.6 Å². The van der Waals surface area contributed by atoms with Crippen molar-refractivity contribution in [3.05, 3.63) is 32.7 Å². The zero-order valence-electron chi connectivity index (χ0n) is 10.4. The Labute approximate surface area is 118 Å². The van der Waals surface area contributed by atoms with Crippen LogP contribution in [0.1, 0.15) is 34.6 Å². The number of allylic oxidation sites excluding steroid dienone is 5. The van der Waals surface area contributed by atoms with Crippen LogP contribution in [0.3, 0.4) is 0 Å². The molecule has 0 heterocycles. The third-order valence-electron chi connectivity index (χ3n) is 3.17. The van der Waals surface area contributed by atoms with E-state index < -0.39 is 0 Å². The first-order valence-corrected chi connectivity index (χ1v) is 8.00. The number of hydrogen-bond acceptors (Lipinski definition) is 0. The Balaban J connectivity index is 0.000000423. The van der Waals surface area contributed by atoms with Crippen molar-refractivity contribution < 1.29 is 24.4 Å². The van der Waals surface area contributed by atoms with Gasteiger partial charge in [-0.1, -0.05) is 22.0 Å². The quantitative estimate of drug-likeness (QED) is 0.317. The van der Waals surface area contributed by atoms with Gasteiger partial charge in [0.1, 0.15) is 0 Å². The summed E-state index contributed by atoms with van der Waals surface area (Å²) in [5.41, 5.74) is 5.03. The van der Waals surface area contributed by atoms with Gasteiger partial charge in [-0.25, -0.2) is 0 Å². The molecule has 0 aromatic heterocycles. The van der Waals surface area contributed by atoms with Crippen molar-refractivity contribution in [3.63, 3.8) is 0 Å². The predicted octanol–water partition coefficient (Wildman–Crippen LogP) is 4.75. The monoisotopic (exact) mass is 435 g/mol. The van der Waals surface area contributed by atoms with E-state index in [1.807, 2.05) is 0 Å². The number of hydrogen-bond donors (Lipinski definition) is 0. The van der Waals surface area contributed by atoms with Crippen molar-refractivity contribution in [3.8, 4) is 0 Å². The fourth-order valence-corrected chi connectivity index (χ4v) is 2.94. The van der Waals surface area contributed by atoms with Crippen LogP contribution in [0.5, 0.6) is 0 Å². The van der Waals surface area contributed by atoms with Crippen LogP contribution >= 0.6 is 15.9 Å². The average molecular weight is 435 g/mol. The fourth-order valence-electron chi connectivity index (χ4n) is 1.59. The van der Waals surface area contributed by atoms with Gasteiger partial charge in [0.25, 0.3) is 0 Å². The minimum atomic E-state index is 0.375. The SMILES string of the molecule is C=CCBr.CC1=C(C)C(C)(C)[C]([Hf])=C1C. The van der Waals surface area contributed by atoms with Gasteiger partial charge in [-0.2, -0.15) is 0 Å². The van der Waals surface area contributed by atoms with Crippen molar-refractivity contribution in [2.75, 3.05) is 5.33 Å². The van der Waals surface area contributed by atoms with Gasteiger partial charge in [0, 0.05) is 5.33 Å². The first-order chi connectivity index (χ1) is 6.80. The van der Waals surface area contributed by atoms with E-state index in [0.29, 0.717) is 5.41 Å². The molecule has 0 radical (unpaired) electrons. The molecule has 0 saturated carbocycles. The van der Waals surface area contributed by atoms with E-state index in [0.717, 1.165) is 5.33 Å². The second-order valence-electron chi connectivity index (χ2n) is 4.32. The topological polar surface area (TPSA) is 0 Å². The van der Waals surface area contributed by atoms with E-state index in [1.165, 1.54) is 29.9 Å². The molecule has 0 N–H and O–H groups in total. The third kappa shape index (κ3) is 3.52. The van der Waals surface area contributed by atoms with Crippen LogP contribution in [0.4, 0.5) is 0 Å². The molecule has 0 saturated heterocycles. The molecule has 0 unspecified atom stereocenters. The van der Waals surface area contributed by atoms with Gasteiger partial charge in [0.2, 0.25) is 0 Å². The molecule has 1 rings (SSSR count). The summed E-state index contributed by atoms with van der Waals surface area (Å²) in [6.07, 6.45) is 1.79. The zero-order valence-corrected chi connectivity index (χ0v) is 15.5. The van der Waals surface area contributed by atoms with Crippen LogP contribution < -0.4 is 0 Å². The van der Waals surface area contributed by atoms with Crippen molar-refractivity contribution >= 4 is 15.9 Å². The Kier molecular flexibility index (Phi) is 6.58. The van der Waals surface area contributed by atoms with Crippen LogP contribution in [-0.2, 0) is 24.4 Å². The van der Waals surface area contributed by atoms with Gasteiger partial charge in [-0.15, -0.1) is 6.58 Å². The van der Waals surface area contributed by atoms with Gasteiger partial charge >= 0.3 is 84.5 Å². The number of rotatable bonds is 1. The van der Waals surface area contributed by atoms with Crippen LogP contribution in [0.15, 0.2) is 32.7 Å². The fraction of sp³-hybridized carbons (Fsp3) is 0.538. The standard InChI is InChI=1S/C10H15.C3H5Br.Hf/c1-7-6-10(4,5)9(3)8(7)2;1-2-3-4;/h1-5H3;2H,1,3H2;. The van der Waals surface area contributed by atoms with E-state index in [4.69, 9.17) is 0 Å². The molecule has 0 nitrogen and oxygen atoms in total. The van der Waals surface area contributed by atoms with Gasteiger partial charge in [-0.05, 0) is 0 Å². The zero-order chi connectivity index (χ0) is 12.2. The van der Waals surface area contributed by atoms with Crippen molar-refractivity contribution in [1.29, 1.82) is 0 Å². The van der Waals surface area contributed by atoms with Crippen LogP contribution in [0.2, 0.25) is 0 Å². The third-order valence-corrected chi connectivity index (χ3v) is 7.22. The average Bonchev–Trinajstić information content (AvgIpc) is 2.35. The summed E-state index contributed by atoms with van der Waals surface area (Å²) >= 11 is 4.34. The normalized spacial score (nSPS) is 18.7.